The molecule has 0 radical (unpaired) electrons. The van der Waals surface area contributed by atoms with Crippen LogP contribution in [-0.4, -0.2) is 5.11 Å². The summed E-state index contributed by atoms with van der Waals surface area (Å²) in [5, 5.41) is 9.07. The molecular formula is C15H17NO2. The molecule has 0 fully saturated rings. The summed E-state index contributed by atoms with van der Waals surface area (Å²) in [5.74, 6) is 0.755. The second-order valence-corrected chi connectivity index (χ2v) is 4.23. The molecular weight excluding hydrogens is 226 g/mol. The Kier molecular flexibility index (Phi) is 3.85. The molecule has 0 aliphatic heterocycles. The molecule has 0 saturated heterocycles. The molecule has 0 spiro atoms. The van der Waals surface area contributed by atoms with Crippen LogP contribution in [0, 0.1) is 0 Å². The fourth-order valence-electron chi connectivity index (χ4n) is 1.76. The van der Waals surface area contributed by atoms with Crippen LogP contribution in [-0.2, 0) is 6.61 Å². The van der Waals surface area contributed by atoms with E-state index in [9.17, 15) is 0 Å². The molecule has 3 heteroatoms. The van der Waals surface area contributed by atoms with Crippen molar-refractivity contribution in [2.75, 3.05) is 5.73 Å². The highest BCUT2D eigenvalue weighted by atomic mass is 16.5. The third-order valence-electron chi connectivity index (χ3n) is 2.80. The van der Waals surface area contributed by atoms with E-state index in [1.54, 1.807) is 0 Å². The van der Waals surface area contributed by atoms with E-state index >= 15 is 0 Å². The molecule has 0 bridgehead atoms. The van der Waals surface area contributed by atoms with Crippen molar-refractivity contribution in [2.24, 2.45) is 0 Å². The molecule has 3 N–H and O–H groups in total. The number of ether oxygens (including phenoxy) is 1. The lowest BCUT2D eigenvalue weighted by atomic mass is 10.1. The number of hydrogen-bond acceptors (Lipinski definition) is 3. The second-order valence-electron chi connectivity index (χ2n) is 4.23. The van der Waals surface area contributed by atoms with Crippen LogP contribution in [0.1, 0.15) is 24.2 Å². The van der Waals surface area contributed by atoms with Crippen molar-refractivity contribution < 1.29 is 9.84 Å². The molecule has 2 aromatic carbocycles. The molecule has 0 heterocycles. The minimum Gasteiger partial charge on any atom is -0.486 e. The number of hydrogen-bond donors (Lipinski definition) is 2. The predicted octanol–water partition coefficient (Wildman–Crippen LogP) is 2.90. The number of nitrogen functional groups attached to an aromatic ring is 1. The maximum Gasteiger partial charge on any atom is 0.121 e. The third kappa shape index (κ3) is 3.02. The Morgan fingerprint density at radius 1 is 1.17 bits per heavy atom. The smallest absolute Gasteiger partial charge is 0.121 e. The zero-order chi connectivity index (χ0) is 13.0. The first-order valence-corrected chi connectivity index (χ1v) is 5.91. The van der Waals surface area contributed by atoms with Crippen LogP contribution in [0.25, 0.3) is 0 Å². The Labute approximate surface area is 107 Å². The Hall–Kier alpha value is -2.00. The number of aliphatic hydroxyl groups excluding tert-OH is 1. The van der Waals surface area contributed by atoms with Crippen molar-refractivity contribution in [3.63, 3.8) is 0 Å². The number of aliphatic hydroxyl groups is 1. The average molecular weight is 243 g/mol. The predicted molar refractivity (Wildman–Crippen MR) is 72.3 cm³/mol. The Bertz CT molecular complexity index is 508. The lowest BCUT2D eigenvalue weighted by Gasteiger charge is -2.15. The number of anilines is 1. The monoisotopic (exact) mass is 243 g/mol. The zero-order valence-electron chi connectivity index (χ0n) is 10.3. The lowest BCUT2D eigenvalue weighted by molar-refractivity contribution is 0.225. The van der Waals surface area contributed by atoms with Gasteiger partial charge in [-0.2, -0.15) is 0 Å². The largest absolute Gasteiger partial charge is 0.486 e. The first kappa shape index (κ1) is 12.5. The molecule has 2 rings (SSSR count). The van der Waals surface area contributed by atoms with Crippen molar-refractivity contribution in [3.8, 4) is 5.75 Å². The van der Waals surface area contributed by atoms with Crippen LogP contribution in [0.3, 0.4) is 0 Å². The van der Waals surface area contributed by atoms with Crippen LogP contribution in [0.15, 0.2) is 48.5 Å². The van der Waals surface area contributed by atoms with Crippen LogP contribution < -0.4 is 10.5 Å². The van der Waals surface area contributed by atoms with Crippen molar-refractivity contribution in [1.29, 1.82) is 0 Å². The summed E-state index contributed by atoms with van der Waals surface area (Å²) in [4.78, 5) is 0. The maximum absolute atomic E-state index is 9.07. The molecule has 3 nitrogen and oxygen atoms in total. The maximum atomic E-state index is 9.07. The van der Waals surface area contributed by atoms with Crippen LogP contribution in [0.5, 0.6) is 5.75 Å². The van der Waals surface area contributed by atoms with E-state index in [0.717, 1.165) is 22.6 Å². The van der Waals surface area contributed by atoms with Gasteiger partial charge in [-0.05, 0) is 42.3 Å². The van der Waals surface area contributed by atoms with Crippen LogP contribution in [0.4, 0.5) is 5.69 Å². The molecule has 1 atom stereocenters. The van der Waals surface area contributed by atoms with Gasteiger partial charge >= 0.3 is 0 Å². The van der Waals surface area contributed by atoms with E-state index in [4.69, 9.17) is 15.6 Å². The van der Waals surface area contributed by atoms with Gasteiger partial charge in [0.05, 0.1) is 6.61 Å². The van der Waals surface area contributed by atoms with Crippen molar-refractivity contribution in [1.82, 2.24) is 0 Å². The molecule has 0 saturated carbocycles. The zero-order valence-corrected chi connectivity index (χ0v) is 10.3. The lowest BCUT2D eigenvalue weighted by Crippen LogP contribution is -2.03. The highest BCUT2D eigenvalue weighted by Gasteiger charge is 2.07. The van der Waals surface area contributed by atoms with E-state index in [1.165, 1.54) is 0 Å². The first-order chi connectivity index (χ1) is 8.69. The summed E-state index contributed by atoms with van der Waals surface area (Å²) in [6.45, 7) is 2.00. The summed E-state index contributed by atoms with van der Waals surface area (Å²) in [6, 6.07) is 15.1. The van der Waals surface area contributed by atoms with Gasteiger partial charge in [0.25, 0.3) is 0 Å². The summed E-state index contributed by atoms with van der Waals surface area (Å²) in [5.41, 5.74) is 8.31. The van der Waals surface area contributed by atoms with Crippen molar-refractivity contribution >= 4 is 5.69 Å². The van der Waals surface area contributed by atoms with Gasteiger partial charge in [-0.3, -0.25) is 0 Å². The van der Waals surface area contributed by atoms with Gasteiger partial charge in [-0.15, -0.1) is 0 Å². The second kappa shape index (κ2) is 5.56. The van der Waals surface area contributed by atoms with E-state index in [2.05, 4.69) is 0 Å². The van der Waals surface area contributed by atoms with Gasteiger partial charge in [0, 0.05) is 5.69 Å². The number of rotatable bonds is 4. The van der Waals surface area contributed by atoms with Crippen molar-refractivity contribution in [2.45, 2.75) is 19.6 Å². The fourth-order valence-corrected chi connectivity index (χ4v) is 1.76. The Balaban J connectivity index is 2.10. The van der Waals surface area contributed by atoms with E-state index in [1.807, 2.05) is 55.5 Å². The van der Waals surface area contributed by atoms with Gasteiger partial charge < -0.3 is 15.6 Å². The van der Waals surface area contributed by atoms with Gasteiger partial charge in [0.2, 0.25) is 0 Å². The molecule has 94 valence electrons. The standard InChI is InChI=1S/C15H17NO2/c1-11(13-5-7-14(16)8-6-13)18-15-4-2-3-12(9-15)10-17/h2-9,11,17H,10,16H2,1H3. The van der Waals surface area contributed by atoms with Gasteiger partial charge in [0.15, 0.2) is 0 Å². The molecule has 0 aliphatic rings. The molecule has 1 unspecified atom stereocenters. The average Bonchev–Trinajstić information content (AvgIpc) is 2.39. The van der Waals surface area contributed by atoms with Gasteiger partial charge in [-0.1, -0.05) is 24.3 Å². The molecule has 0 aromatic heterocycles. The van der Waals surface area contributed by atoms with Crippen LogP contribution >= 0.6 is 0 Å². The Morgan fingerprint density at radius 2 is 1.89 bits per heavy atom. The minimum atomic E-state index is -0.0560. The quantitative estimate of drug-likeness (QED) is 0.812. The molecule has 18 heavy (non-hydrogen) atoms. The highest BCUT2D eigenvalue weighted by molar-refractivity contribution is 5.40. The molecule has 0 aliphatic carbocycles. The first-order valence-electron chi connectivity index (χ1n) is 5.91. The van der Waals surface area contributed by atoms with Gasteiger partial charge in [0.1, 0.15) is 11.9 Å². The Morgan fingerprint density at radius 3 is 2.56 bits per heavy atom. The van der Waals surface area contributed by atoms with E-state index < -0.39 is 0 Å². The topological polar surface area (TPSA) is 55.5 Å². The summed E-state index contributed by atoms with van der Waals surface area (Å²) < 4.78 is 5.83. The highest BCUT2D eigenvalue weighted by Crippen LogP contribution is 2.23. The SMILES string of the molecule is CC(Oc1cccc(CO)c1)c1ccc(N)cc1. The van der Waals surface area contributed by atoms with Gasteiger partial charge in [-0.25, -0.2) is 0 Å². The van der Waals surface area contributed by atoms with Crippen LogP contribution in [0.2, 0.25) is 0 Å². The van der Waals surface area contributed by atoms with Crippen molar-refractivity contribution in [3.05, 3.63) is 59.7 Å². The van der Waals surface area contributed by atoms with E-state index in [-0.39, 0.29) is 12.7 Å². The van der Waals surface area contributed by atoms with E-state index in [0.29, 0.717) is 0 Å². The summed E-state index contributed by atoms with van der Waals surface area (Å²) >= 11 is 0. The molecule has 0 amide bonds. The molecule has 2 aromatic rings. The third-order valence-corrected chi connectivity index (χ3v) is 2.80. The summed E-state index contributed by atoms with van der Waals surface area (Å²) in [6.07, 6.45) is -0.0560. The number of nitrogens with two attached hydrogens (primary N) is 1. The summed E-state index contributed by atoms with van der Waals surface area (Å²) in [7, 11) is 0. The normalized spacial score (nSPS) is 12.1. The minimum absolute atomic E-state index is 0.0213. The number of benzene rings is 2. The fraction of sp³-hybridized carbons (Fsp3) is 0.200.